The summed E-state index contributed by atoms with van der Waals surface area (Å²) < 4.78 is 9.81. The van der Waals surface area contributed by atoms with E-state index in [9.17, 15) is 9.59 Å². The standard InChI is InChI=1S/C16H20BrN3O3/c1-16(2,3)23-15(22)19-8-11(9-19)20-14(21)12-7-10(17)5-6-13(12)18(20)4/h5-7,11H,8-9H2,1-4H3. The summed E-state index contributed by atoms with van der Waals surface area (Å²) in [6, 6.07) is 5.64. The zero-order chi connectivity index (χ0) is 16.9. The lowest BCUT2D eigenvalue weighted by Gasteiger charge is -2.40. The largest absolute Gasteiger partial charge is 0.444 e. The van der Waals surface area contributed by atoms with Gasteiger partial charge in [0.1, 0.15) is 5.60 Å². The number of carbonyl (C=O) groups excluding carboxylic acids is 1. The van der Waals surface area contributed by atoms with E-state index in [-0.39, 0.29) is 17.7 Å². The van der Waals surface area contributed by atoms with Crippen molar-refractivity contribution in [2.45, 2.75) is 32.4 Å². The Hall–Kier alpha value is -1.76. The van der Waals surface area contributed by atoms with E-state index in [2.05, 4.69) is 15.9 Å². The topological polar surface area (TPSA) is 56.5 Å². The molecule has 0 N–H and O–H groups in total. The minimum absolute atomic E-state index is 0.0220. The Balaban J connectivity index is 1.82. The van der Waals surface area contributed by atoms with E-state index in [4.69, 9.17) is 4.74 Å². The summed E-state index contributed by atoms with van der Waals surface area (Å²) >= 11 is 3.40. The molecule has 1 aliphatic rings. The molecule has 0 aliphatic carbocycles. The van der Waals surface area contributed by atoms with Gasteiger partial charge in [0.05, 0.1) is 16.9 Å². The van der Waals surface area contributed by atoms with Crippen molar-refractivity contribution in [1.29, 1.82) is 0 Å². The smallest absolute Gasteiger partial charge is 0.410 e. The first kappa shape index (κ1) is 16.1. The molecular formula is C16H20BrN3O3. The van der Waals surface area contributed by atoms with Crippen LogP contribution in [0.15, 0.2) is 27.5 Å². The normalized spacial score (nSPS) is 15.8. The number of aromatic nitrogens is 2. The van der Waals surface area contributed by atoms with Gasteiger partial charge in [-0.2, -0.15) is 0 Å². The maximum absolute atomic E-state index is 12.6. The molecule has 23 heavy (non-hydrogen) atoms. The fourth-order valence-corrected chi connectivity index (χ4v) is 3.19. The molecule has 1 amide bonds. The first-order valence-electron chi connectivity index (χ1n) is 7.52. The molecule has 2 heterocycles. The third-order valence-electron chi connectivity index (χ3n) is 3.93. The number of benzene rings is 1. The minimum atomic E-state index is -0.509. The number of hydrogen-bond acceptors (Lipinski definition) is 3. The second kappa shape index (κ2) is 5.40. The van der Waals surface area contributed by atoms with E-state index >= 15 is 0 Å². The van der Waals surface area contributed by atoms with Gasteiger partial charge in [-0.25, -0.2) is 9.48 Å². The molecule has 0 saturated carbocycles. The van der Waals surface area contributed by atoms with E-state index in [0.29, 0.717) is 18.5 Å². The van der Waals surface area contributed by atoms with Crippen LogP contribution < -0.4 is 5.56 Å². The monoisotopic (exact) mass is 381 g/mol. The first-order chi connectivity index (χ1) is 10.7. The van der Waals surface area contributed by atoms with Gasteiger partial charge in [0, 0.05) is 24.6 Å². The Labute approximate surface area is 142 Å². The fourth-order valence-electron chi connectivity index (χ4n) is 2.83. The molecule has 1 aromatic heterocycles. The highest BCUT2D eigenvalue weighted by Crippen LogP contribution is 2.25. The van der Waals surface area contributed by atoms with Gasteiger partial charge in [0.15, 0.2) is 0 Å². The Morgan fingerprint density at radius 3 is 2.57 bits per heavy atom. The molecule has 3 rings (SSSR count). The van der Waals surface area contributed by atoms with Crippen molar-refractivity contribution >= 4 is 32.9 Å². The van der Waals surface area contributed by atoms with E-state index in [1.807, 2.05) is 50.7 Å². The van der Waals surface area contributed by atoms with Crippen LogP contribution in [-0.2, 0) is 11.8 Å². The zero-order valence-electron chi connectivity index (χ0n) is 13.7. The Bertz CT molecular complexity index is 825. The molecule has 1 aliphatic heterocycles. The summed E-state index contributed by atoms with van der Waals surface area (Å²) in [4.78, 5) is 26.3. The fraction of sp³-hybridized carbons (Fsp3) is 0.500. The number of rotatable bonds is 1. The average molecular weight is 382 g/mol. The van der Waals surface area contributed by atoms with Gasteiger partial charge in [-0.3, -0.25) is 9.48 Å². The quantitative estimate of drug-likeness (QED) is 0.762. The van der Waals surface area contributed by atoms with Gasteiger partial charge < -0.3 is 9.64 Å². The molecule has 0 atom stereocenters. The van der Waals surface area contributed by atoms with E-state index in [1.165, 1.54) is 0 Å². The number of fused-ring (bicyclic) bond motifs is 1. The maximum atomic E-state index is 12.6. The zero-order valence-corrected chi connectivity index (χ0v) is 15.3. The molecular weight excluding hydrogens is 362 g/mol. The van der Waals surface area contributed by atoms with Crippen molar-refractivity contribution in [3.05, 3.63) is 33.0 Å². The number of aryl methyl sites for hydroxylation is 1. The second-order valence-corrected chi connectivity index (χ2v) is 7.79. The number of likely N-dealkylation sites (tertiary alicyclic amines) is 1. The second-order valence-electron chi connectivity index (χ2n) is 6.87. The number of hydrogen-bond donors (Lipinski definition) is 0. The van der Waals surface area contributed by atoms with Crippen LogP contribution in [0.3, 0.4) is 0 Å². The van der Waals surface area contributed by atoms with Gasteiger partial charge in [0.2, 0.25) is 0 Å². The number of nitrogens with zero attached hydrogens (tertiary/aromatic N) is 3. The lowest BCUT2D eigenvalue weighted by atomic mass is 10.1. The Kier molecular flexibility index (Phi) is 3.78. The molecule has 6 nitrogen and oxygen atoms in total. The van der Waals surface area contributed by atoms with Crippen molar-refractivity contribution in [3.8, 4) is 0 Å². The van der Waals surface area contributed by atoms with Crippen molar-refractivity contribution < 1.29 is 9.53 Å². The van der Waals surface area contributed by atoms with E-state index < -0.39 is 5.60 Å². The summed E-state index contributed by atoms with van der Waals surface area (Å²) in [6.45, 7) is 6.50. The van der Waals surface area contributed by atoms with Crippen LogP contribution in [0.1, 0.15) is 26.8 Å². The van der Waals surface area contributed by atoms with E-state index in [1.54, 1.807) is 9.58 Å². The van der Waals surface area contributed by atoms with Gasteiger partial charge >= 0.3 is 6.09 Å². The summed E-state index contributed by atoms with van der Waals surface area (Å²) in [5.74, 6) is 0. The predicted molar refractivity (Wildman–Crippen MR) is 91.7 cm³/mol. The van der Waals surface area contributed by atoms with Crippen LogP contribution in [0, 0.1) is 0 Å². The molecule has 0 radical (unpaired) electrons. The highest BCUT2D eigenvalue weighted by molar-refractivity contribution is 9.10. The molecule has 0 bridgehead atoms. The first-order valence-corrected chi connectivity index (χ1v) is 8.31. The van der Waals surface area contributed by atoms with Crippen LogP contribution in [-0.4, -0.2) is 39.0 Å². The average Bonchev–Trinajstić information content (AvgIpc) is 2.60. The molecule has 1 aromatic carbocycles. The molecule has 124 valence electrons. The van der Waals surface area contributed by atoms with Crippen LogP contribution in [0.2, 0.25) is 0 Å². The highest BCUT2D eigenvalue weighted by Gasteiger charge is 2.36. The maximum Gasteiger partial charge on any atom is 0.410 e. The summed E-state index contributed by atoms with van der Waals surface area (Å²) in [7, 11) is 1.87. The number of halogens is 1. The molecule has 0 unspecified atom stereocenters. The van der Waals surface area contributed by atoms with Crippen LogP contribution in [0.4, 0.5) is 4.79 Å². The summed E-state index contributed by atoms with van der Waals surface area (Å²) in [5.41, 5.74) is 0.344. The van der Waals surface area contributed by atoms with Crippen molar-refractivity contribution in [1.82, 2.24) is 14.3 Å². The number of ether oxygens (including phenoxy) is 1. The third kappa shape index (κ3) is 2.89. The summed E-state index contributed by atoms with van der Waals surface area (Å²) in [5, 5.41) is 0.678. The molecule has 0 spiro atoms. The van der Waals surface area contributed by atoms with Crippen molar-refractivity contribution in [2.75, 3.05) is 13.1 Å². The van der Waals surface area contributed by atoms with Crippen LogP contribution in [0.5, 0.6) is 0 Å². The lowest BCUT2D eigenvalue weighted by Crippen LogP contribution is -2.54. The van der Waals surface area contributed by atoms with Gasteiger partial charge in [0.25, 0.3) is 5.56 Å². The Morgan fingerprint density at radius 1 is 1.30 bits per heavy atom. The van der Waals surface area contributed by atoms with Crippen molar-refractivity contribution in [2.24, 2.45) is 7.05 Å². The predicted octanol–water partition coefficient (Wildman–Crippen LogP) is 2.89. The highest BCUT2D eigenvalue weighted by atomic mass is 79.9. The Morgan fingerprint density at radius 2 is 1.96 bits per heavy atom. The number of carbonyl (C=O) groups is 1. The minimum Gasteiger partial charge on any atom is -0.444 e. The summed E-state index contributed by atoms with van der Waals surface area (Å²) in [6.07, 6.45) is -0.330. The lowest BCUT2D eigenvalue weighted by molar-refractivity contribution is -0.00204. The molecule has 2 aromatic rings. The molecule has 1 fully saturated rings. The van der Waals surface area contributed by atoms with Gasteiger partial charge in [-0.05, 0) is 39.0 Å². The van der Waals surface area contributed by atoms with Crippen LogP contribution >= 0.6 is 15.9 Å². The van der Waals surface area contributed by atoms with Crippen LogP contribution in [0.25, 0.3) is 10.9 Å². The number of amides is 1. The SMILES string of the molecule is Cn1c2ccc(Br)cc2c(=O)n1C1CN(C(=O)OC(C)(C)C)C1. The van der Waals surface area contributed by atoms with Gasteiger partial charge in [-0.15, -0.1) is 0 Å². The molecule has 1 saturated heterocycles. The van der Waals surface area contributed by atoms with Crippen molar-refractivity contribution in [3.63, 3.8) is 0 Å². The molecule has 7 heteroatoms. The third-order valence-corrected chi connectivity index (χ3v) is 4.42. The van der Waals surface area contributed by atoms with Gasteiger partial charge in [-0.1, -0.05) is 15.9 Å². The van der Waals surface area contributed by atoms with E-state index in [0.717, 1.165) is 9.99 Å².